The SMILES string of the molecule is CC(C)(C)c1ccc(OC(Cc2ccc(Oc3ccccc3)cc2)C(=O)O)cc1. The largest absolute Gasteiger partial charge is 0.478 e. The molecule has 0 heterocycles. The Bertz CT molecular complexity index is 923. The fourth-order valence-electron chi connectivity index (χ4n) is 2.91. The maximum Gasteiger partial charge on any atom is 0.345 e. The van der Waals surface area contributed by atoms with Gasteiger partial charge in [0.25, 0.3) is 0 Å². The van der Waals surface area contributed by atoms with Gasteiger partial charge in [0.15, 0.2) is 6.10 Å². The Morgan fingerprint density at radius 1 is 0.828 bits per heavy atom. The molecule has 0 aliphatic carbocycles. The van der Waals surface area contributed by atoms with Crippen LogP contribution in [0.2, 0.25) is 0 Å². The Hall–Kier alpha value is -3.27. The second-order valence-electron chi connectivity index (χ2n) is 7.98. The first-order valence-corrected chi connectivity index (χ1v) is 9.63. The van der Waals surface area contributed by atoms with Crippen molar-refractivity contribution in [2.24, 2.45) is 0 Å². The summed E-state index contributed by atoms with van der Waals surface area (Å²) in [5.74, 6) is 1.01. The van der Waals surface area contributed by atoms with Gasteiger partial charge in [-0.15, -0.1) is 0 Å². The number of carbonyl (C=O) groups is 1. The molecule has 0 saturated heterocycles. The van der Waals surface area contributed by atoms with E-state index in [1.54, 1.807) is 0 Å². The summed E-state index contributed by atoms with van der Waals surface area (Å²) in [5, 5.41) is 9.58. The third-order valence-corrected chi connectivity index (χ3v) is 4.60. The predicted octanol–water partition coefficient (Wildman–Crippen LogP) is 5.85. The zero-order valence-corrected chi connectivity index (χ0v) is 17.0. The Morgan fingerprint density at radius 3 is 1.93 bits per heavy atom. The van der Waals surface area contributed by atoms with Gasteiger partial charge in [-0.05, 0) is 52.9 Å². The topological polar surface area (TPSA) is 55.8 Å². The van der Waals surface area contributed by atoms with Crippen molar-refractivity contribution in [3.05, 3.63) is 90.0 Å². The van der Waals surface area contributed by atoms with Crippen LogP contribution in [-0.4, -0.2) is 17.2 Å². The van der Waals surface area contributed by atoms with Gasteiger partial charge in [0.05, 0.1) is 0 Å². The first-order valence-electron chi connectivity index (χ1n) is 9.63. The molecule has 4 nitrogen and oxygen atoms in total. The fourth-order valence-corrected chi connectivity index (χ4v) is 2.91. The molecule has 0 fully saturated rings. The molecule has 1 N–H and O–H groups in total. The van der Waals surface area contributed by atoms with Crippen LogP contribution in [-0.2, 0) is 16.6 Å². The van der Waals surface area contributed by atoms with E-state index < -0.39 is 12.1 Å². The lowest BCUT2D eigenvalue weighted by atomic mass is 9.87. The Morgan fingerprint density at radius 2 is 1.38 bits per heavy atom. The first-order chi connectivity index (χ1) is 13.8. The van der Waals surface area contributed by atoms with E-state index in [4.69, 9.17) is 9.47 Å². The molecule has 29 heavy (non-hydrogen) atoms. The van der Waals surface area contributed by atoms with Gasteiger partial charge in [-0.2, -0.15) is 0 Å². The van der Waals surface area contributed by atoms with Crippen molar-refractivity contribution >= 4 is 5.97 Å². The summed E-state index contributed by atoms with van der Waals surface area (Å²) in [6.07, 6.45) is -0.696. The zero-order valence-electron chi connectivity index (χ0n) is 17.0. The van der Waals surface area contributed by atoms with E-state index in [0.717, 1.165) is 11.3 Å². The number of para-hydroxylation sites is 1. The average Bonchev–Trinajstić information content (AvgIpc) is 2.69. The highest BCUT2D eigenvalue weighted by molar-refractivity contribution is 5.73. The molecular weight excluding hydrogens is 364 g/mol. The molecule has 1 unspecified atom stereocenters. The molecule has 0 spiro atoms. The number of benzene rings is 3. The molecule has 0 saturated carbocycles. The van der Waals surface area contributed by atoms with Crippen LogP contribution >= 0.6 is 0 Å². The molecule has 0 amide bonds. The van der Waals surface area contributed by atoms with Crippen molar-refractivity contribution in [2.75, 3.05) is 0 Å². The molecule has 3 aromatic carbocycles. The van der Waals surface area contributed by atoms with Crippen LogP contribution in [0.5, 0.6) is 17.2 Å². The molecule has 0 bridgehead atoms. The van der Waals surface area contributed by atoms with Crippen molar-refractivity contribution in [3.8, 4) is 17.2 Å². The summed E-state index contributed by atoms with van der Waals surface area (Å²) in [4.78, 5) is 11.7. The van der Waals surface area contributed by atoms with Crippen molar-refractivity contribution in [1.82, 2.24) is 0 Å². The Kier molecular flexibility index (Phi) is 6.23. The maximum atomic E-state index is 11.7. The minimum Gasteiger partial charge on any atom is -0.478 e. The number of aliphatic carboxylic acids is 1. The summed E-state index contributed by atoms with van der Waals surface area (Å²) in [7, 11) is 0. The van der Waals surface area contributed by atoms with Crippen LogP contribution in [0.1, 0.15) is 31.9 Å². The predicted molar refractivity (Wildman–Crippen MR) is 114 cm³/mol. The van der Waals surface area contributed by atoms with Crippen LogP contribution in [0.3, 0.4) is 0 Å². The van der Waals surface area contributed by atoms with Crippen molar-refractivity contribution in [2.45, 2.75) is 38.7 Å². The molecule has 3 rings (SSSR count). The van der Waals surface area contributed by atoms with E-state index in [1.807, 2.05) is 78.9 Å². The standard InChI is InChI=1S/C25H26O4/c1-25(2,3)19-11-15-22(16-12-19)29-23(24(26)27)17-18-9-13-21(14-10-18)28-20-7-5-4-6-8-20/h4-16,23H,17H2,1-3H3,(H,26,27). The molecule has 0 radical (unpaired) electrons. The smallest absolute Gasteiger partial charge is 0.345 e. The molecule has 0 aliphatic heterocycles. The van der Waals surface area contributed by atoms with Crippen molar-refractivity contribution in [1.29, 1.82) is 0 Å². The van der Waals surface area contributed by atoms with E-state index in [0.29, 0.717) is 11.5 Å². The Labute approximate surface area is 171 Å². The van der Waals surface area contributed by atoms with Crippen molar-refractivity contribution in [3.63, 3.8) is 0 Å². The highest BCUT2D eigenvalue weighted by Gasteiger charge is 2.21. The second kappa shape index (κ2) is 8.82. The summed E-state index contributed by atoms with van der Waals surface area (Å²) in [6.45, 7) is 6.40. The van der Waals surface area contributed by atoms with Gasteiger partial charge in [0.2, 0.25) is 0 Å². The first kappa shape index (κ1) is 20.5. The zero-order chi connectivity index (χ0) is 20.9. The normalized spacial score (nSPS) is 12.2. The van der Waals surface area contributed by atoms with E-state index in [9.17, 15) is 9.90 Å². The van der Waals surface area contributed by atoms with Gasteiger partial charge in [0.1, 0.15) is 17.2 Å². The molecule has 4 heteroatoms. The summed E-state index contributed by atoms with van der Waals surface area (Å²) in [5.41, 5.74) is 2.07. The second-order valence-corrected chi connectivity index (χ2v) is 7.98. The van der Waals surface area contributed by atoms with E-state index in [-0.39, 0.29) is 11.8 Å². The van der Waals surface area contributed by atoms with Crippen LogP contribution in [0.15, 0.2) is 78.9 Å². The quantitative estimate of drug-likeness (QED) is 0.550. The Balaban J connectivity index is 1.65. The van der Waals surface area contributed by atoms with Crippen LogP contribution in [0.25, 0.3) is 0 Å². The molecule has 0 aromatic heterocycles. The summed E-state index contributed by atoms with van der Waals surface area (Å²) in [6, 6.07) is 24.5. The summed E-state index contributed by atoms with van der Waals surface area (Å²) >= 11 is 0. The minimum atomic E-state index is -0.991. The maximum absolute atomic E-state index is 11.7. The third kappa shape index (κ3) is 5.85. The molecular formula is C25H26O4. The average molecular weight is 390 g/mol. The fraction of sp³-hybridized carbons (Fsp3) is 0.240. The monoisotopic (exact) mass is 390 g/mol. The van der Waals surface area contributed by atoms with E-state index in [2.05, 4.69) is 20.8 Å². The highest BCUT2D eigenvalue weighted by Crippen LogP contribution is 2.25. The molecule has 150 valence electrons. The van der Waals surface area contributed by atoms with E-state index in [1.165, 1.54) is 5.56 Å². The molecule has 0 aliphatic rings. The third-order valence-electron chi connectivity index (χ3n) is 4.60. The van der Waals surface area contributed by atoms with Crippen molar-refractivity contribution < 1.29 is 19.4 Å². The lowest BCUT2D eigenvalue weighted by Crippen LogP contribution is -2.29. The highest BCUT2D eigenvalue weighted by atomic mass is 16.5. The number of ether oxygens (including phenoxy) is 2. The number of rotatable bonds is 7. The lowest BCUT2D eigenvalue weighted by Gasteiger charge is -2.20. The lowest BCUT2D eigenvalue weighted by molar-refractivity contribution is -0.145. The van der Waals surface area contributed by atoms with E-state index >= 15 is 0 Å². The van der Waals surface area contributed by atoms with Gasteiger partial charge < -0.3 is 14.6 Å². The molecule has 1 atom stereocenters. The van der Waals surface area contributed by atoms with Gasteiger partial charge in [-0.1, -0.05) is 63.2 Å². The minimum absolute atomic E-state index is 0.0360. The van der Waals surface area contributed by atoms with Gasteiger partial charge in [0, 0.05) is 6.42 Å². The van der Waals surface area contributed by atoms with Gasteiger partial charge in [-0.25, -0.2) is 4.79 Å². The number of hydrogen-bond donors (Lipinski definition) is 1. The van der Waals surface area contributed by atoms with Gasteiger partial charge in [-0.3, -0.25) is 0 Å². The number of carboxylic acid groups (broad SMARTS) is 1. The van der Waals surface area contributed by atoms with Crippen LogP contribution < -0.4 is 9.47 Å². The number of hydrogen-bond acceptors (Lipinski definition) is 3. The summed E-state index contributed by atoms with van der Waals surface area (Å²) < 4.78 is 11.5. The number of carboxylic acids is 1. The van der Waals surface area contributed by atoms with Crippen LogP contribution in [0.4, 0.5) is 0 Å². The van der Waals surface area contributed by atoms with Gasteiger partial charge >= 0.3 is 5.97 Å². The molecule has 3 aromatic rings. The van der Waals surface area contributed by atoms with Crippen LogP contribution in [0, 0.1) is 0 Å².